The molecule has 2 spiro atoms. The van der Waals surface area contributed by atoms with E-state index in [2.05, 4.69) is 5.32 Å². The molecule has 0 radical (unpaired) electrons. The molecule has 0 saturated carbocycles. The maximum Gasteiger partial charge on any atom is 0.289 e. The molecule has 15 nitrogen and oxygen atoms in total. The molecule has 8 rings (SSSR count). The average molecular weight is 732 g/mol. The minimum atomic E-state index is -4.64. The highest BCUT2D eigenvalue weighted by Crippen LogP contribution is 2.71. The van der Waals surface area contributed by atoms with E-state index in [1.165, 1.54) is 47.4 Å². The van der Waals surface area contributed by atoms with Crippen LogP contribution >= 0.6 is 0 Å². The van der Waals surface area contributed by atoms with Gasteiger partial charge in [0.05, 0.1) is 34.6 Å². The van der Waals surface area contributed by atoms with Crippen LogP contribution in [0, 0.1) is 21.4 Å². The van der Waals surface area contributed by atoms with E-state index in [9.17, 15) is 32.9 Å². The molecule has 1 unspecified atom stereocenters. The van der Waals surface area contributed by atoms with Crippen molar-refractivity contribution in [3.05, 3.63) is 82.7 Å². The summed E-state index contributed by atoms with van der Waals surface area (Å²) in [5, 5.41) is 15.2. The molecule has 4 saturated heterocycles. The maximum absolute atomic E-state index is 15.3. The Kier molecular flexibility index (Phi) is 6.87. The molecule has 5 aliphatic rings. The Morgan fingerprint density at radius 2 is 1.77 bits per heavy atom. The van der Waals surface area contributed by atoms with E-state index in [0.717, 1.165) is 16.1 Å². The molecular weight excluding hydrogens is 694 g/mol. The van der Waals surface area contributed by atoms with Gasteiger partial charge >= 0.3 is 0 Å². The average Bonchev–Trinajstić information content (AvgIpc) is 3.81. The molecule has 52 heavy (non-hydrogen) atoms. The number of likely N-dealkylation sites (tertiary alicyclic amines) is 1. The van der Waals surface area contributed by atoms with Crippen molar-refractivity contribution >= 4 is 50.1 Å². The zero-order valence-corrected chi connectivity index (χ0v) is 29.9. The van der Waals surface area contributed by atoms with E-state index in [4.69, 9.17) is 9.47 Å². The number of carbonyl (C=O) groups excluding carboxylic acids is 4. The maximum atomic E-state index is 15.3. The van der Waals surface area contributed by atoms with E-state index in [-0.39, 0.29) is 30.6 Å². The summed E-state index contributed by atoms with van der Waals surface area (Å²) >= 11 is 0. The van der Waals surface area contributed by atoms with E-state index in [1.807, 2.05) is 0 Å². The second kappa shape index (κ2) is 10.5. The molecule has 6 heterocycles. The molecule has 2 bridgehead atoms. The molecule has 16 heteroatoms. The summed E-state index contributed by atoms with van der Waals surface area (Å²) < 4.78 is 42.7. The molecule has 3 amide bonds. The molecule has 5 aliphatic heterocycles. The Morgan fingerprint density at radius 1 is 1.08 bits per heavy atom. The minimum Gasteiger partial charge on any atom is -0.487 e. The van der Waals surface area contributed by atoms with Crippen LogP contribution in [0.25, 0.3) is 10.9 Å². The number of nitro groups is 1. The highest BCUT2D eigenvalue weighted by atomic mass is 32.2. The van der Waals surface area contributed by atoms with E-state index in [1.54, 1.807) is 52.0 Å². The number of hydrogen-bond acceptors (Lipinski definition) is 10. The number of ketones is 1. The van der Waals surface area contributed by atoms with Crippen LogP contribution in [-0.2, 0) is 38.7 Å². The fourth-order valence-electron chi connectivity index (χ4n) is 9.50. The van der Waals surface area contributed by atoms with E-state index >= 15 is 4.79 Å². The van der Waals surface area contributed by atoms with E-state index < -0.39 is 88.9 Å². The first kappa shape index (κ1) is 34.0. The van der Waals surface area contributed by atoms with Crippen molar-refractivity contribution < 1.29 is 42.0 Å². The lowest BCUT2D eigenvalue weighted by Gasteiger charge is -2.64. The summed E-state index contributed by atoms with van der Waals surface area (Å²) in [5.41, 5.74) is -7.78. The van der Waals surface area contributed by atoms with Crippen LogP contribution < -0.4 is 5.32 Å². The number of carbonyl (C=O) groups is 4. The summed E-state index contributed by atoms with van der Waals surface area (Å²) in [7, 11) is -4.64. The van der Waals surface area contributed by atoms with Crippen molar-refractivity contribution in [1.82, 2.24) is 19.1 Å². The Hall–Kier alpha value is -5.09. The van der Waals surface area contributed by atoms with Gasteiger partial charge in [-0.25, -0.2) is 12.4 Å². The molecule has 2 aromatic carbocycles. The number of para-hydroxylation sites is 2. The topological polar surface area (TPSA) is 187 Å². The number of ether oxygens (including phenoxy) is 2. The van der Waals surface area contributed by atoms with Crippen LogP contribution in [0.2, 0.25) is 0 Å². The van der Waals surface area contributed by atoms with E-state index in [0.29, 0.717) is 11.8 Å². The van der Waals surface area contributed by atoms with Gasteiger partial charge in [-0.3, -0.25) is 29.3 Å². The number of nitrogens with zero attached hydrogens (tertiary/aromatic N) is 4. The van der Waals surface area contributed by atoms with Gasteiger partial charge < -0.3 is 24.6 Å². The van der Waals surface area contributed by atoms with Crippen LogP contribution in [0.4, 0.5) is 5.69 Å². The van der Waals surface area contributed by atoms with Crippen LogP contribution in [-0.4, -0.2) is 86.2 Å². The van der Waals surface area contributed by atoms with Crippen LogP contribution in [0.3, 0.4) is 0 Å². The first-order valence-corrected chi connectivity index (χ1v) is 18.4. The van der Waals surface area contributed by atoms with Crippen LogP contribution in [0.15, 0.2) is 72.0 Å². The van der Waals surface area contributed by atoms with Crippen LogP contribution in [0.5, 0.6) is 0 Å². The SMILES string of the molecule is CC(=O)[C@@]12O[C@@]34N(CCC[C@]3(C)C(=O)N(C(C(=O)NC(C)(C)C)c3cn(S(=O)(=O)c5ccccc5[N+](=O)[O-])c5ccccc35)C[C@]43OC=C[C@H]13)C2=O. The molecule has 272 valence electrons. The lowest BCUT2D eigenvalue weighted by Crippen LogP contribution is -2.83. The van der Waals surface area contributed by atoms with Crippen molar-refractivity contribution in [2.75, 3.05) is 13.1 Å². The summed E-state index contributed by atoms with van der Waals surface area (Å²) in [6.45, 7) is 8.19. The van der Waals surface area contributed by atoms with Crippen molar-refractivity contribution in [3.63, 3.8) is 0 Å². The van der Waals surface area contributed by atoms with Gasteiger partial charge in [0.2, 0.25) is 23.1 Å². The second-order valence-corrected chi connectivity index (χ2v) is 17.2. The number of fused-ring (bicyclic) bond motifs is 3. The van der Waals surface area contributed by atoms with Crippen molar-refractivity contribution in [2.24, 2.45) is 11.3 Å². The summed E-state index contributed by atoms with van der Waals surface area (Å²) in [6, 6.07) is 9.90. The molecule has 4 fully saturated rings. The second-order valence-electron chi connectivity index (χ2n) is 15.4. The summed E-state index contributed by atoms with van der Waals surface area (Å²) in [4.78, 5) is 71.0. The normalized spacial score (nSPS) is 31.0. The van der Waals surface area contributed by atoms with Crippen molar-refractivity contribution in [2.45, 2.75) is 80.9 Å². The number of nitro benzene ring substituents is 1. The van der Waals surface area contributed by atoms with Gasteiger partial charge in [-0.2, -0.15) is 0 Å². The minimum absolute atomic E-state index is 0.124. The number of nitrogens with one attached hydrogen (secondary N) is 1. The highest BCUT2D eigenvalue weighted by Gasteiger charge is 2.92. The lowest BCUT2D eigenvalue weighted by atomic mass is 9.55. The Bertz CT molecular complexity index is 2300. The quantitative estimate of drug-likeness (QED) is 0.215. The number of aromatic nitrogens is 1. The first-order valence-electron chi connectivity index (χ1n) is 17.0. The fraction of sp³-hybridized carbons (Fsp3) is 0.444. The summed E-state index contributed by atoms with van der Waals surface area (Å²) in [5.74, 6) is -3.14. The number of amides is 3. The third-order valence-corrected chi connectivity index (χ3v) is 13.2. The Balaban J connectivity index is 1.36. The van der Waals surface area contributed by atoms with Gasteiger partial charge in [0.25, 0.3) is 21.6 Å². The molecule has 1 aromatic heterocycles. The standard InChI is InChI=1S/C36H37N5O10S/c1-21(42)35-27-15-18-50-34(27)20-38(30(44)33(5)16-10-17-39(31(35)45)36(33,34)51-35)28(29(43)37-32(2,3)4)23-19-40(24-12-7-6-11-22(23)24)52(48,49)26-14-9-8-13-25(26)41(46)47/h6-9,11-15,18-19,27-28H,10,16-17,20H2,1-5H3,(H,37,43)/t27-,28?,33+,34+,35+,36-/m0/s1. The zero-order valence-electron chi connectivity index (χ0n) is 29.1. The zero-order chi connectivity index (χ0) is 37.4. The molecule has 3 aromatic rings. The van der Waals surface area contributed by atoms with Crippen molar-refractivity contribution in [3.8, 4) is 0 Å². The molecular formula is C36H37N5O10S. The van der Waals surface area contributed by atoms with Gasteiger partial charge in [0, 0.05) is 35.3 Å². The molecule has 1 N–H and O–H groups in total. The largest absolute Gasteiger partial charge is 0.487 e. The monoisotopic (exact) mass is 731 g/mol. The predicted molar refractivity (Wildman–Crippen MR) is 183 cm³/mol. The smallest absolute Gasteiger partial charge is 0.289 e. The third kappa shape index (κ3) is 3.91. The first-order chi connectivity index (χ1) is 24.4. The number of rotatable bonds is 7. The predicted octanol–water partition coefficient (Wildman–Crippen LogP) is 3.18. The van der Waals surface area contributed by atoms with Gasteiger partial charge in [-0.1, -0.05) is 30.3 Å². The number of Topliss-reactive ketones (excluding diaryl/α,β-unsaturated/α-hetero) is 1. The molecule has 6 atom stereocenters. The van der Waals surface area contributed by atoms with Gasteiger partial charge in [-0.15, -0.1) is 0 Å². The highest BCUT2D eigenvalue weighted by molar-refractivity contribution is 7.90. The number of piperidine rings is 3. The number of hydrogen-bond donors (Lipinski definition) is 1. The Labute approximate surface area is 298 Å². The fourth-order valence-corrected chi connectivity index (χ4v) is 11.0. The lowest BCUT2D eigenvalue weighted by molar-refractivity contribution is -0.387. The van der Waals surface area contributed by atoms with Crippen LogP contribution in [0.1, 0.15) is 59.1 Å². The van der Waals surface area contributed by atoms with Gasteiger partial charge in [0.15, 0.2) is 16.3 Å². The number of benzene rings is 2. The molecule has 0 aliphatic carbocycles. The van der Waals surface area contributed by atoms with Crippen molar-refractivity contribution in [1.29, 1.82) is 0 Å². The summed E-state index contributed by atoms with van der Waals surface area (Å²) in [6.07, 6.45) is 4.91. The third-order valence-electron chi connectivity index (χ3n) is 11.4. The van der Waals surface area contributed by atoms with Gasteiger partial charge in [0.1, 0.15) is 6.04 Å². The Morgan fingerprint density at radius 3 is 2.46 bits per heavy atom. The van der Waals surface area contributed by atoms with Gasteiger partial charge in [-0.05, 0) is 65.7 Å².